The van der Waals surface area contributed by atoms with Gasteiger partial charge in [-0.2, -0.15) is 0 Å². The Morgan fingerprint density at radius 2 is 2.00 bits per heavy atom. The number of nitrogens with one attached hydrogen (secondary N) is 3. The summed E-state index contributed by atoms with van der Waals surface area (Å²) in [5, 5.41) is 21.3. The minimum absolute atomic E-state index is 0.161. The number of imidazole rings is 1. The van der Waals surface area contributed by atoms with Crippen molar-refractivity contribution in [3.63, 3.8) is 0 Å². The van der Waals surface area contributed by atoms with Crippen LogP contribution in [-0.4, -0.2) is 40.2 Å². The van der Waals surface area contributed by atoms with Gasteiger partial charge in [0.25, 0.3) is 0 Å². The van der Waals surface area contributed by atoms with Crippen LogP contribution in [-0.2, 0) is 0 Å². The minimum atomic E-state index is 0.161. The molecule has 0 atom stereocenters. The van der Waals surface area contributed by atoms with Gasteiger partial charge in [0.2, 0.25) is 0 Å². The van der Waals surface area contributed by atoms with Crippen LogP contribution < -0.4 is 5.32 Å². The number of rotatable bonds is 3. The van der Waals surface area contributed by atoms with Crippen molar-refractivity contribution in [2.45, 2.75) is 0 Å². The van der Waals surface area contributed by atoms with E-state index in [1.807, 2.05) is 48.5 Å². The van der Waals surface area contributed by atoms with Crippen LogP contribution in [0.4, 0.5) is 0 Å². The Balaban J connectivity index is 1.73. The molecule has 0 saturated carbocycles. The molecule has 6 heteroatoms. The van der Waals surface area contributed by atoms with Gasteiger partial charge >= 0.3 is 0 Å². The van der Waals surface area contributed by atoms with Crippen LogP contribution in [0, 0.1) is 5.41 Å². The molecule has 3 aromatic rings. The highest BCUT2D eigenvalue weighted by atomic mass is 16.3. The standard InChI is InChI=1S/C19H17N5O/c1-21-18(20)12-7-8-14-15(9-12)24-19(23-14)13-10-22-16(17(13)25)11-5-3-2-4-6-11/h2-9,25H,10H2,1H3,(H2,20,21)(H,23,24). The third-order valence-corrected chi connectivity index (χ3v) is 4.26. The monoisotopic (exact) mass is 331 g/mol. The second-order valence-electron chi connectivity index (χ2n) is 5.80. The molecule has 0 amide bonds. The first-order chi connectivity index (χ1) is 12.2. The van der Waals surface area contributed by atoms with Gasteiger partial charge in [-0.3, -0.25) is 10.4 Å². The number of allylic oxidation sites excluding steroid dienone is 1. The lowest BCUT2D eigenvalue weighted by molar-refractivity contribution is 0.447. The first kappa shape index (κ1) is 15.1. The predicted molar refractivity (Wildman–Crippen MR) is 99.4 cm³/mol. The summed E-state index contributed by atoms with van der Waals surface area (Å²) in [7, 11) is 1.72. The summed E-state index contributed by atoms with van der Waals surface area (Å²) in [5.41, 5.74) is 4.54. The maximum Gasteiger partial charge on any atom is 0.150 e. The largest absolute Gasteiger partial charge is 0.505 e. The molecule has 0 fully saturated rings. The SMILES string of the molecule is CNC(=N)c1ccc2nc(C3=C(O)C(c4ccccc4)=NC3)[nH]c2c1. The molecule has 124 valence electrons. The van der Waals surface area contributed by atoms with Crippen molar-refractivity contribution >= 4 is 28.2 Å². The molecular formula is C19H17N5O. The molecule has 0 aliphatic carbocycles. The lowest BCUT2D eigenvalue weighted by atomic mass is 10.1. The van der Waals surface area contributed by atoms with Gasteiger partial charge in [-0.05, 0) is 18.2 Å². The number of benzene rings is 2. The van der Waals surface area contributed by atoms with E-state index < -0.39 is 0 Å². The molecule has 1 aliphatic rings. The van der Waals surface area contributed by atoms with E-state index in [4.69, 9.17) is 5.41 Å². The number of amidine groups is 1. The number of aliphatic hydroxyl groups is 1. The summed E-state index contributed by atoms with van der Waals surface area (Å²) >= 11 is 0. The van der Waals surface area contributed by atoms with Gasteiger partial charge in [0.15, 0.2) is 0 Å². The van der Waals surface area contributed by atoms with E-state index in [0.717, 1.165) is 22.2 Å². The smallest absolute Gasteiger partial charge is 0.150 e. The first-order valence-electron chi connectivity index (χ1n) is 7.96. The Morgan fingerprint density at radius 3 is 2.76 bits per heavy atom. The van der Waals surface area contributed by atoms with E-state index in [1.54, 1.807) is 7.05 Å². The Hall–Kier alpha value is -3.41. The van der Waals surface area contributed by atoms with Crippen LogP contribution in [0.1, 0.15) is 17.0 Å². The van der Waals surface area contributed by atoms with Crippen molar-refractivity contribution in [3.8, 4) is 0 Å². The zero-order chi connectivity index (χ0) is 17.4. The molecule has 1 aliphatic heterocycles. The molecule has 0 saturated heterocycles. The van der Waals surface area contributed by atoms with Crippen LogP contribution in [0.25, 0.3) is 16.6 Å². The Bertz CT molecular complexity index is 1030. The summed E-state index contributed by atoms with van der Waals surface area (Å²) in [6.45, 7) is 0.384. The van der Waals surface area contributed by atoms with Crippen molar-refractivity contribution in [1.29, 1.82) is 5.41 Å². The topological polar surface area (TPSA) is 97.2 Å². The number of aliphatic imine (C=N–C) groups is 1. The molecule has 4 rings (SSSR count). The summed E-state index contributed by atoms with van der Waals surface area (Å²) < 4.78 is 0. The maximum absolute atomic E-state index is 10.6. The lowest BCUT2D eigenvalue weighted by Crippen LogP contribution is -2.17. The molecule has 6 nitrogen and oxygen atoms in total. The van der Waals surface area contributed by atoms with Crippen LogP contribution in [0.5, 0.6) is 0 Å². The normalized spacial score (nSPS) is 14.0. The third kappa shape index (κ3) is 2.57. The van der Waals surface area contributed by atoms with Gasteiger partial charge in [-0.25, -0.2) is 4.98 Å². The molecular weight excluding hydrogens is 314 g/mol. The summed E-state index contributed by atoms with van der Waals surface area (Å²) in [6.07, 6.45) is 0. The molecule has 0 radical (unpaired) electrons. The molecule has 1 aromatic heterocycles. The van der Waals surface area contributed by atoms with Gasteiger partial charge in [-0.1, -0.05) is 30.3 Å². The van der Waals surface area contributed by atoms with Crippen LogP contribution >= 0.6 is 0 Å². The summed E-state index contributed by atoms with van der Waals surface area (Å²) in [4.78, 5) is 12.3. The van der Waals surface area contributed by atoms with E-state index >= 15 is 0 Å². The number of hydrogen-bond acceptors (Lipinski definition) is 4. The zero-order valence-electron chi connectivity index (χ0n) is 13.7. The fourth-order valence-electron chi connectivity index (χ4n) is 2.91. The molecule has 0 bridgehead atoms. The van der Waals surface area contributed by atoms with Gasteiger partial charge in [-0.15, -0.1) is 0 Å². The minimum Gasteiger partial charge on any atom is -0.505 e. The summed E-state index contributed by atoms with van der Waals surface area (Å²) in [5.74, 6) is 1.11. The quantitative estimate of drug-likeness (QED) is 0.439. The number of aromatic amines is 1. The van der Waals surface area contributed by atoms with E-state index in [9.17, 15) is 5.11 Å². The maximum atomic E-state index is 10.6. The number of nitrogens with zero attached hydrogens (tertiary/aromatic N) is 2. The van der Waals surface area contributed by atoms with Crippen LogP contribution in [0.15, 0.2) is 59.3 Å². The number of aliphatic hydroxyl groups excluding tert-OH is 1. The highest BCUT2D eigenvalue weighted by molar-refractivity contribution is 6.17. The van der Waals surface area contributed by atoms with Gasteiger partial charge in [0, 0.05) is 18.2 Å². The van der Waals surface area contributed by atoms with E-state index in [0.29, 0.717) is 29.5 Å². The van der Waals surface area contributed by atoms with Gasteiger partial charge in [0.1, 0.15) is 23.1 Å². The van der Waals surface area contributed by atoms with Gasteiger partial charge < -0.3 is 15.4 Å². The predicted octanol–water partition coefficient (Wildman–Crippen LogP) is 2.88. The van der Waals surface area contributed by atoms with E-state index in [1.165, 1.54) is 0 Å². The fourth-order valence-corrected chi connectivity index (χ4v) is 2.91. The highest BCUT2D eigenvalue weighted by Crippen LogP contribution is 2.26. The average Bonchev–Trinajstić information content (AvgIpc) is 3.24. The fraction of sp³-hybridized carbons (Fsp3) is 0.105. The Morgan fingerprint density at radius 1 is 1.20 bits per heavy atom. The number of fused-ring (bicyclic) bond motifs is 1. The van der Waals surface area contributed by atoms with Gasteiger partial charge in [0.05, 0.1) is 23.2 Å². The highest BCUT2D eigenvalue weighted by Gasteiger charge is 2.23. The Labute approximate surface area is 144 Å². The van der Waals surface area contributed by atoms with Crippen molar-refractivity contribution in [3.05, 3.63) is 71.2 Å². The third-order valence-electron chi connectivity index (χ3n) is 4.26. The molecule has 0 spiro atoms. The van der Waals surface area contributed by atoms with Crippen molar-refractivity contribution < 1.29 is 5.11 Å². The van der Waals surface area contributed by atoms with Crippen molar-refractivity contribution in [1.82, 2.24) is 15.3 Å². The lowest BCUT2D eigenvalue weighted by Gasteiger charge is -2.02. The van der Waals surface area contributed by atoms with E-state index in [-0.39, 0.29) is 5.76 Å². The second-order valence-corrected chi connectivity index (χ2v) is 5.80. The van der Waals surface area contributed by atoms with E-state index in [2.05, 4.69) is 20.3 Å². The number of aromatic nitrogens is 2. The number of H-pyrrole nitrogens is 1. The van der Waals surface area contributed by atoms with Crippen LogP contribution in [0.3, 0.4) is 0 Å². The number of hydrogen-bond donors (Lipinski definition) is 4. The summed E-state index contributed by atoms with van der Waals surface area (Å²) in [6, 6.07) is 15.2. The molecule has 2 heterocycles. The second kappa shape index (κ2) is 5.90. The molecule has 25 heavy (non-hydrogen) atoms. The molecule has 4 N–H and O–H groups in total. The molecule has 0 unspecified atom stereocenters. The molecule has 2 aromatic carbocycles. The average molecular weight is 331 g/mol. The van der Waals surface area contributed by atoms with Crippen molar-refractivity contribution in [2.75, 3.05) is 13.6 Å². The van der Waals surface area contributed by atoms with Crippen molar-refractivity contribution in [2.24, 2.45) is 4.99 Å². The first-order valence-corrected chi connectivity index (χ1v) is 7.96. The van der Waals surface area contributed by atoms with Crippen LogP contribution in [0.2, 0.25) is 0 Å². The Kier molecular flexibility index (Phi) is 3.57. The zero-order valence-corrected chi connectivity index (χ0v) is 13.7.